The molecule has 0 spiro atoms. The molecule has 0 aliphatic carbocycles. The van der Waals surface area contributed by atoms with Crippen LogP contribution in [0.2, 0.25) is 0 Å². The SMILES string of the molecule is CCc1nc2scc(-c3ccc(-c4ccccc4)cc3)c2c(=O)n1CCCC(=O)O. The lowest BCUT2D eigenvalue weighted by Crippen LogP contribution is -2.25. The van der Waals surface area contributed by atoms with Crippen molar-refractivity contribution in [3.63, 3.8) is 0 Å². The highest BCUT2D eigenvalue weighted by atomic mass is 32.1. The van der Waals surface area contributed by atoms with Gasteiger partial charge in [0.1, 0.15) is 10.7 Å². The van der Waals surface area contributed by atoms with Crippen LogP contribution in [0, 0.1) is 0 Å². The molecule has 4 rings (SSSR count). The largest absolute Gasteiger partial charge is 0.481 e. The van der Waals surface area contributed by atoms with Crippen molar-refractivity contribution in [2.45, 2.75) is 32.7 Å². The van der Waals surface area contributed by atoms with Gasteiger partial charge in [0.2, 0.25) is 0 Å². The van der Waals surface area contributed by atoms with Gasteiger partial charge in [-0.25, -0.2) is 4.98 Å². The summed E-state index contributed by atoms with van der Waals surface area (Å²) in [5, 5.41) is 11.5. The highest BCUT2D eigenvalue weighted by molar-refractivity contribution is 7.17. The predicted molar refractivity (Wildman–Crippen MR) is 121 cm³/mol. The maximum Gasteiger partial charge on any atom is 0.303 e. The Morgan fingerprint density at radius 1 is 1.03 bits per heavy atom. The quantitative estimate of drug-likeness (QED) is 0.447. The van der Waals surface area contributed by atoms with Crippen LogP contribution in [-0.2, 0) is 17.8 Å². The smallest absolute Gasteiger partial charge is 0.303 e. The van der Waals surface area contributed by atoms with Crippen molar-refractivity contribution in [2.24, 2.45) is 0 Å². The number of hydrogen-bond donors (Lipinski definition) is 1. The van der Waals surface area contributed by atoms with Crippen molar-refractivity contribution >= 4 is 27.5 Å². The van der Waals surface area contributed by atoms with Gasteiger partial charge in [-0.15, -0.1) is 11.3 Å². The second kappa shape index (κ2) is 8.63. The van der Waals surface area contributed by atoms with Gasteiger partial charge in [0.05, 0.1) is 5.39 Å². The highest BCUT2D eigenvalue weighted by Crippen LogP contribution is 2.32. The molecule has 0 bridgehead atoms. The fraction of sp³-hybridized carbons (Fsp3) is 0.208. The van der Waals surface area contributed by atoms with E-state index in [1.165, 1.54) is 11.3 Å². The predicted octanol–water partition coefficient (Wildman–Crippen LogP) is 5.22. The Bertz CT molecular complexity index is 1240. The molecule has 5 nitrogen and oxygen atoms in total. The molecule has 2 aromatic heterocycles. The number of aromatic nitrogens is 2. The molecule has 6 heteroatoms. The summed E-state index contributed by atoms with van der Waals surface area (Å²) in [6, 6.07) is 18.4. The third kappa shape index (κ3) is 3.91. The van der Waals surface area contributed by atoms with Crippen LogP contribution >= 0.6 is 11.3 Å². The molecule has 0 saturated carbocycles. The summed E-state index contributed by atoms with van der Waals surface area (Å²) in [6.07, 6.45) is 1.06. The van der Waals surface area contributed by atoms with E-state index in [9.17, 15) is 9.59 Å². The summed E-state index contributed by atoms with van der Waals surface area (Å²) in [5.41, 5.74) is 4.03. The van der Waals surface area contributed by atoms with E-state index in [0.29, 0.717) is 30.6 Å². The first kappa shape index (κ1) is 20.0. The average molecular weight is 419 g/mol. The number of hydrogen-bond acceptors (Lipinski definition) is 4. The summed E-state index contributed by atoms with van der Waals surface area (Å²) >= 11 is 1.47. The van der Waals surface area contributed by atoms with Gasteiger partial charge in [-0.3, -0.25) is 14.2 Å². The summed E-state index contributed by atoms with van der Waals surface area (Å²) in [6.45, 7) is 2.32. The number of fused-ring (bicyclic) bond motifs is 1. The van der Waals surface area contributed by atoms with Gasteiger partial charge in [0.25, 0.3) is 5.56 Å². The maximum atomic E-state index is 13.3. The van der Waals surface area contributed by atoms with Crippen molar-refractivity contribution in [3.05, 3.63) is 76.2 Å². The molecule has 0 fully saturated rings. The molecular formula is C24H22N2O3S. The third-order valence-corrected chi connectivity index (χ3v) is 6.04. The minimum Gasteiger partial charge on any atom is -0.481 e. The Balaban J connectivity index is 1.75. The van der Waals surface area contributed by atoms with Gasteiger partial charge in [-0.1, -0.05) is 61.5 Å². The van der Waals surface area contributed by atoms with Crippen LogP contribution in [0.1, 0.15) is 25.6 Å². The molecule has 0 atom stereocenters. The second-order valence-electron chi connectivity index (χ2n) is 7.11. The number of rotatable bonds is 7. The Morgan fingerprint density at radius 2 is 1.70 bits per heavy atom. The lowest BCUT2D eigenvalue weighted by molar-refractivity contribution is -0.137. The normalized spacial score (nSPS) is 11.1. The molecular weight excluding hydrogens is 396 g/mol. The molecule has 152 valence electrons. The van der Waals surface area contributed by atoms with Crippen LogP contribution in [-0.4, -0.2) is 20.6 Å². The molecule has 30 heavy (non-hydrogen) atoms. The van der Waals surface area contributed by atoms with E-state index in [-0.39, 0.29) is 12.0 Å². The van der Waals surface area contributed by atoms with Crippen LogP contribution < -0.4 is 5.56 Å². The molecule has 2 heterocycles. The van der Waals surface area contributed by atoms with E-state index in [4.69, 9.17) is 10.1 Å². The molecule has 0 amide bonds. The third-order valence-electron chi connectivity index (χ3n) is 5.16. The van der Waals surface area contributed by atoms with Crippen molar-refractivity contribution in [1.29, 1.82) is 0 Å². The minimum absolute atomic E-state index is 0.0328. The lowest BCUT2D eigenvalue weighted by atomic mass is 10.0. The molecule has 0 unspecified atom stereocenters. The molecule has 0 radical (unpaired) electrons. The number of carboxylic acid groups (broad SMARTS) is 1. The average Bonchev–Trinajstić information content (AvgIpc) is 3.20. The summed E-state index contributed by atoms with van der Waals surface area (Å²) in [7, 11) is 0. The van der Waals surface area contributed by atoms with E-state index in [2.05, 4.69) is 24.3 Å². The van der Waals surface area contributed by atoms with Crippen LogP contribution in [0.3, 0.4) is 0 Å². The standard InChI is InChI=1S/C24H22N2O3S/c1-2-20-25-23-22(24(29)26(20)14-6-9-21(27)28)19(15-30-23)18-12-10-17(11-13-18)16-7-4-3-5-8-16/h3-5,7-8,10-13,15H,2,6,9,14H2,1H3,(H,27,28). The van der Waals surface area contributed by atoms with E-state index in [0.717, 1.165) is 27.1 Å². The lowest BCUT2D eigenvalue weighted by Gasteiger charge is -2.11. The Hall–Kier alpha value is -3.25. The topological polar surface area (TPSA) is 72.2 Å². The molecule has 4 aromatic rings. The number of nitrogens with zero attached hydrogens (tertiary/aromatic N) is 2. The minimum atomic E-state index is -0.857. The number of carbonyl (C=O) groups is 1. The van der Waals surface area contributed by atoms with E-state index in [1.807, 2.05) is 42.6 Å². The fourth-order valence-electron chi connectivity index (χ4n) is 3.64. The first-order valence-electron chi connectivity index (χ1n) is 9.97. The summed E-state index contributed by atoms with van der Waals surface area (Å²) in [5.74, 6) is -0.157. The molecule has 0 aliphatic rings. The van der Waals surface area contributed by atoms with Gasteiger partial charge >= 0.3 is 5.97 Å². The first-order valence-corrected chi connectivity index (χ1v) is 10.8. The monoisotopic (exact) mass is 418 g/mol. The van der Waals surface area contributed by atoms with Crippen LogP contribution in [0.25, 0.3) is 32.5 Å². The van der Waals surface area contributed by atoms with Gasteiger partial charge in [0.15, 0.2) is 0 Å². The van der Waals surface area contributed by atoms with Gasteiger partial charge < -0.3 is 5.11 Å². The second-order valence-corrected chi connectivity index (χ2v) is 7.97. The van der Waals surface area contributed by atoms with E-state index in [1.54, 1.807) is 4.57 Å². The number of benzene rings is 2. The van der Waals surface area contributed by atoms with E-state index >= 15 is 0 Å². The van der Waals surface area contributed by atoms with E-state index < -0.39 is 5.97 Å². The first-order chi connectivity index (χ1) is 14.6. The zero-order valence-corrected chi connectivity index (χ0v) is 17.5. The number of aliphatic carboxylic acids is 1. The number of aryl methyl sites for hydroxylation is 1. The van der Waals surface area contributed by atoms with Crippen LogP contribution in [0.15, 0.2) is 64.8 Å². The van der Waals surface area contributed by atoms with Gasteiger partial charge in [0, 0.05) is 30.3 Å². The highest BCUT2D eigenvalue weighted by Gasteiger charge is 2.16. The van der Waals surface area contributed by atoms with Crippen LogP contribution in [0.5, 0.6) is 0 Å². The van der Waals surface area contributed by atoms with Crippen molar-refractivity contribution < 1.29 is 9.90 Å². The van der Waals surface area contributed by atoms with Gasteiger partial charge in [-0.2, -0.15) is 0 Å². The molecule has 0 aliphatic heterocycles. The Morgan fingerprint density at radius 3 is 2.37 bits per heavy atom. The molecule has 0 saturated heterocycles. The maximum absolute atomic E-state index is 13.3. The molecule has 2 aromatic carbocycles. The Labute approximate surface area is 178 Å². The van der Waals surface area contributed by atoms with Gasteiger partial charge in [-0.05, 0) is 23.1 Å². The zero-order chi connectivity index (χ0) is 21.1. The number of thiophene rings is 1. The molecule has 1 N–H and O–H groups in total. The summed E-state index contributed by atoms with van der Waals surface area (Å²) in [4.78, 5) is 29.6. The van der Waals surface area contributed by atoms with Crippen LogP contribution in [0.4, 0.5) is 0 Å². The van der Waals surface area contributed by atoms with Crippen molar-refractivity contribution in [1.82, 2.24) is 9.55 Å². The fourth-order valence-corrected chi connectivity index (χ4v) is 4.60. The van der Waals surface area contributed by atoms with Crippen molar-refractivity contribution in [2.75, 3.05) is 0 Å². The number of carboxylic acids is 1. The zero-order valence-electron chi connectivity index (χ0n) is 16.7. The summed E-state index contributed by atoms with van der Waals surface area (Å²) < 4.78 is 1.64. The van der Waals surface area contributed by atoms with Crippen molar-refractivity contribution in [3.8, 4) is 22.3 Å². The Kier molecular flexibility index (Phi) is 5.77.